The number of carboxylic acid groups (broad SMARTS) is 1. The Balaban J connectivity index is 1.18. The third kappa shape index (κ3) is 6.48. The summed E-state index contributed by atoms with van der Waals surface area (Å²) in [5, 5.41) is 13.0. The Hall–Kier alpha value is -2.63. The van der Waals surface area contributed by atoms with Crippen molar-refractivity contribution in [2.45, 2.75) is 151 Å². The first-order valence-corrected chi connectivity index (χ1v) is 20.7. The molecule has 5 saturated carbocycles. The normalized spacial score (nSPS) is 39.2. The number of fused-ring (bicyclic) bond motifs is 7. The van der Waals surface area contributed by atoms with Crippen molar-refractivity contribution in [2.24, 2.45) is 62.1 Å². The van der Waals surface area contributed by atoms with Crippen molar-refractivity contribution in [2.75, 3.05) is 6.54 Å². The van der Waals surface area contributed by atoms with Crippen LogP contribution >= 0.6 is 0 Å². The van der Waals surface area contributed by atoms with E-state index < -0.39 is 17.4 Å². The van der Waals surface area contributed by atoms with Gasteiger partial charge in [-0.25, -0.2) is 0 Å². The zero-order valence-corrected chi connectivity index (χ0v) is 33.7. The zero-order valence-electron chi connectivity index (χ0n) is 33.7. The van der Waals surface area contributed by atoms with Crippen LogP contribution in [0.3, 0.4) is 0 Å². The molecular formula is C46H69NO5. The van der Waals surface area contributed by atoms with Crippen molar-refractivity contribution in [3.05, 3.63) is 48.0 Å². The van der Waals surface area contributed by atoms with Crippen molar-refractivity contribution in [3.8, 4) is 0 Å². The molecule has 2 N–H and O–H groups in total. The second-order valence-corrected chi connectivity index (χ2v) is 20.4. The molecule has 6 nitrogen and oxygen atoms in total. The summed E-state index contributed by atoms with van der Waals surface area (Å²) in [6.07, 6.45) is 13.5. The van der Waals surface area contributed by atoms with E-state index >= 15 is 0 Å². The number of carboxylic acids is 1. The van der Waals surface area contributed by atoms with Crippen LogP contribution in [0.1, 0.15) is 144 Å². The van der Waals surface area contributed by atoms with Crippen molar-refractivity contribution in [3.63, 3.8) is 0 Å². The fraction of sp³-hybridized carbons (Fsp3) is 0.761. The minimum atomic E-state index is -1.14. The number of hydrogen-bond acceptors (Lipinski definition) is 4. The van der Waals surface area contributed by atoms with Gasteiger partial charge in [0.2, 0.25) is 5.91 Å². The number of amides is 1. The number of nitrogens with one attached hydrogen (secondary N) is 1. The van der Waals surface area contributed by atoms with E-state index in [0.29, 0.717) is 36.0 Å². The van der Waals surface area contributed by atoms with E-state index in [2.05, 4.69) is 83.8 Å². The number of rotatable bonds is 11. The number of esters is 1. The molecule has 0 radical (unpaired) electrons. The van der Waals surface area contributed by atoms with Crippen molar-refractivity contribution in [1.82, 2.24) is 5.32 Å². The van der Waals surface area contributed by atoms with Crippen LogP contribution in [-0.2, 0) is 25.5 Å². The predicted octanol–water partition coefficient (Wildman–Crippen LogP) is 10.2. The zero-order chi connectivity index (χ0) is 37.9. The molecule has 5 aliphatic carbocycles. The summed E-state index contributed by atoms with van der Waals surface area (Å²) in [7, 11) is 0. The number of allylic oxidation sites excluding steroid dienone is 1. The van der Waals surface area contributed by atoms with Gasteiger partial charge in [-0.1, -0.05) is 77.1 Å². The van der Waals surface area contributed by atoms with Crippen molar-refractivity contribution >= 4 is 17.8 Å². The maximum atomic E-state index is 13.7. The first-order chi connectivity index (χ1) is 24.3. The van der Waals surface area contributed by atoms with Gasteiger partial charge in [-0.3, -0.25) is 14.4 Å². The minimum Gasteiger partial charge on any atom is -0.481 e. The van der Waals surface area contributed by atoms with Gasteiger partial charge in [0.1, 0.15) is 6.10 Å². The standard InChI is InChI=1S/C46H69NO5/c1-30(2)32-19-24-46(28-37(48)47-27-13-16-31-14-11-10-12-15-31)26-25-44(8)33(39(32)46)17-18-35-43(7)22-21-36(52-38(49)29-41(3,4)40(50)51)42(5,6)34(43)20-23-45(35,44)9/h10-12,14-15,32-36,39H,1,13,16-29H2,2-9H3,(H,47,48)(H,50,51)/t32-,33+,34?,35?,36-,39+,43-,44+,45+,46+/m0/s1. The number of aryl methyl sites for hydroxylation is 1. The first kappa shape index (κ1) is 39.1. The van der Waals surface area contributed by atoms with Gasteiger partial charge in [-0.15, -0.1) is 0 Å². The molecule has 0 aromatic heterocycles. The van der Waals surface area contributed by atoms with Crippen molar-refractivity contribution < 1.29 is 24.2 Å². The first-order valence-electron chi connectivity index (χ1n) is 20.7. The number of hydrogen-bond donors (Lipinski definition) is 2. The summed E-state index contributed by atoms with van der Waals surface area (Å²) >= 11 is 0. The van der Waals surface area contributed by atoms with E-state index in [0.717, 1.165) is 57.9 Å². The monoisotopic (exact) mass is 716 g/mol. The van der Waals surface area contributed by atoms with E-state index in [4.69, 9.17) is 4.74 Å². The molecule has 6 heteroatoms. The molecule has 6 rings (SSSR count). The van der Waals surface area contributed by atoms with Crippen LogP contribution in [0.4, 0.5) is 0 Å². The molecule has 5 aliphatic rings. The molecule has 1 amide bonds. The largest absolute Gasteiger partial charge is 0.481 e. The Morgan fingerprint density at radius 1 is 0.885 bits per heavy atom. The Bertz CT molecular complexity index is 1530. The molecule has 1 aromatic rings. The lowest BCUT2D eigenvalue weighted by Gasteiger charge is -2.73. The Morgan fingerprint density at radius 3 is 2.27 bits per heavy atom. The second-order valence-electron chi connectivity index (χ2n) is 20.4. The number of carbonyl (C=O) groups excluding carboxylic acids is 2. The van der Waals surface area contributed by atoms with Gasteiger partial charge in [-0.2, -0.15) is 0 Å². The third-order valence-corrected chi connectivity index (χ3v) is 16.9. The third-order valence-electron chi connectivity index (χ3n) is 16.9. The summed E-state index contributed by atoms with van der Waals surface area (Å²) < 4.78 is 6.19. The Morgan fingerprint density at radius 2 is 1.60 bits per heavy atom. The van der Waals surface area contributed by atoms with Gasteiger partial charge >= 0.3 is 11.9 Å². The highest BCUT2D eigenvalue weighted by Crippen LogP contribution is 2.78. The maximum absolute atomic E-state index is 13.7. The van der Waals surface area contributed by atoms with Gasteiger partial charge in [-0.05, 0) is 155 Å². The molecule has 0 bridgehead atoms. The molecule has 0 heterocycles. The van der Waals surface area contributed by atoms with Crippen LogP contribution in [0.25, 0.3) is 0 Å². The van der Waals surface area contributed by atoms with Crippen LogP contribution in [-0.4, -0.2) is 35.6 Å². The SMILES string of the molecule is C=C(C)[C@@H]1CC[C@]2(CC(=O)NCCCc3ccccc3)CC[C@]3(C)[C@H](CCC4[C@@]5(C)CC[C@H](OC(=O)CC(C)(C)C(=O)O)C(C)(C)C5CC[C@]43C)[C@@H]12. The maximum Gasteiger partial charge on any atom is 0.309 e. The van der Waals surface area contributed by atoms with Gasteiger partial charge in [0.15, 0.2) is 0 Å². The number of benzene rings is 1. The average molecular weight is 716 g/mol. The molecule has 52 heavy (non-hydrogen) atoms. The number of ether oxygens (including phenoxy) is 1. The quantitative estimate of drug-likeness (QED) is 0.135. The van der Waals surface area contributed by atoms with Gasteiger partial charge in [0.25, 0.3) is 0 Å². The van der Waals surface area contributed by atoms with Crippen LogP contribution in [0.5, 0.6) is 0 Å². The van der Waals surface area contributed by atoms with Gasteiger partial charge in [0.05, 0.1) is 11.8 Å². The van der Waals surface area contributed by atoms with Crippen molar-refractivity contribution in [1.29, 1.82) is 0 Å². The minimum absolute atomic E-state index is 0.0563. The van der Waals surface area contributed by atoms with E-state index in [-0.39, 0.29) is 45.5 Å². The summed E-state index contributed by atoms with van der Waals surface area (Å²) in [4.78, 5) is 38.6. The van der Waals surface area contributed by atoms with E-state index in [1.807, 2.05) is 0 Å². The highest BCUT2D eigenvalue weighted by molar-refractivity contribution is 5.81. The highest BCUT2D eigenvalue weighted by Gasteiger charge is 2.71. The van der Waals surface area contributed by atoms with Gasteiger partial charge < -0.3 is 15.2 Å². The lowest BCUT2D eigenvalue weighted by atomic mass is 9.32. The summed E-state index contributed by atoms with van der Waals surface area (Å²) in [5.74, 6) is 1.47. The number of aliphatic carboxylic acids is 1. The average Bonchev–Trinajstić information content (AvgIpc) is 3.44. The lowest BCUT2D eigenvalue weighted by Crippen LogP contribution is -2.67. The van der Waals surface area contributed by atoms with E-state index in [1.54, 1.807) is 13.8 Å². The fourth-order valence-electron chi connectivity index (χ4n) is 14.0. The summed E-state index contributed by atoms with van der Waals surface area (Å²) in [5.41, 5.74) is 1.89. The van der Waals surface area contributed by atoms with E-state index in [9.17, 15) is 19.5 Å². The molecule has 5 fully saturated rings. The van der Waals surface area contributed by atoms with Gasteiger partial charge in [0, 0.05) is 18.4 Å². The molecule has 0 aliphatic heterocycles. The Kier molecular flexibility index (Phi) is 10.4. The molecule has 2 unspecified atom stereocenters. The molecule has 1 aromatic carbocycles. The predicted molar refractivity (Wildman–Crippen MR) is 207 cm³/mol. The van der Waals surface area contributed by atoms with Crippen LogP contribution < -0.4 is 5.32 Å². The van der Waals surface area contributed by atoms with E-state index in [1.165, 1.54) is 36.8 Å². The molecular weight excluding hydrogens is 647 g/mol. The molecule has 10 atom stereocenters. The van der Waals surface area contributed by atoms with Crippen LogP contribution in [0.2, 0.25) is 0 Å². The topological polar surface area (TPSA) is 92.7 Å². The highest BCUT2D eigenvalue weighted by atomic mass is 16.5. The molecule has 288 valence electrons. The number of carbonyl (C=O) groups is 3. The second kappa shape index (κ2) is 13.9. The summed E-state index contributed by atoms with van der Waals surface area (Å²) in [6.45, 7) is 23.2. The molecule has 0 saturated heterocycles. The van der Waals surface area contributed by atoms with Crippen LogP contribution in [0.15, 0.2) is 42.5 Å². The summed E-state index contributed by atoms with van der Waals surface area (Å²) in [6, 6.07) is 10.6. The molecule has 0 spiro atoms. The van der Waals surface area contributed by atoms with Crippen LogP contribution in [0, 0.1) is 62.1 Å². The Labute approximate surface area is 314 Å². The fourth-order valence-corrected chi connectivity index (χ4v) is 14.0. The lowest BCUT2D eigenvalue weighted by molar-refractivity contribution is -0.250. The smallest absolute Gasteiger partial charge is 0.309 e.